The van der Waals surface area contributed by atoms with Gasteiger partial charge in [-0.25, -0.2) is 4.98 Å². The minimum atomic E-state index is 0.961. The lowest BCUT2D eigenvalue weighted by Crippen LogP contribution is -2.05. The number of benzene rings is 1. The van der Waals surface area contributed by atoms with Crippen LogP contribution in [0.25, 0.3) is 10.9 Å². The molecular formula is C12H14N2S. The molecule has 1 heterocycles. The molecule has 0 spiro atoms. The van der Waals surface area contributed by atoms with Gasteiger partial charge in [0.05, 0.1) is 5.52 Å². The third-order valence-electron chi connectivity index (χ3n) is 2.21. The van der Waals surface area contributed by atoms with Crippen molar-refractivity contribution in [1.82, 2.24) is 4.98 Å². The molecule has 0 saturated heterocycles. The molecule has 1 aromatic heterocycles. The van der Waals surface area contributed by atoms with Crippen LogP contribution in [0.2, 0.25) is 0 Å². The summed E-state index contributed by atoms with van der Waals surface area (Å²) in [4.78, 5) is 4.53. The molecule has 1 N–H and O–H groups in total. The first-order chi connectivity index (χ1) is 7.40. The predicted molar refractivity (Wildman–Crippen MR) is 68.6 cm³/mol. The first-order valence-electron chi connectivity index (χ1n) is 4.99. The highest BCUT2D eigenvalue weighted by molar-refractivity contribution is 7.98. The van der Waals surface area contributed by atoms with Crippen molar-refractivity contribution in [3.63, 3.8) is 0 Å². The summed E-state index contributed by atoms with van der Waals surface area (Å²) in [6.45, 7) is 0.965. The van der Waals surface area contributed by atoms with Gasteiger partial charge in [0.2, 0.25) is 0 Å². The fraction of sp³-hybridized carbons (Fsp3) is 0.250. The highest BCUT2D eigenvalue weighted by Crippen LogP contribution is 2.14. The standard InChI is InChI=1S/C12H14N2S/c1-15-9-8-13-12-7-6-10-4-2-3-5-11(10)14-12/h2-7H,8-9H2,1H3,(H,13,14). The number of nitrogens with zero attached hydrogens (tertiary/aromatic N) is 1. The number of rotatable bonds is 4. The van der Waals surface area contributed by atoms with E-state index in [2.05, 4.69) is 28.7 Å². The van der Waals surface area contributed by atoms with Crippen LogP contribution in [0.15, 0.2) is 36.4 Å². The van der Waals surface area contributed by atoms with Crippen molar-refractivity contribution in [2.45, 2.75) is 0 Å². The van der Waals surface area contributed by atoms with Gasteiger partial charge < -0.3 is 5.32 Å². The van der Waals surface area contributed by atoms with Crippen molar-refractivity contribution in [1.29, 1.82) is 0 Å². The molecule has 2 nitrogen and oxygen atoms in total. The second kappa shape index (κ2) is 5.03. The Morgan fingerprint density at radius 3 is 2.93 bits per heavy atom. The van der Waals surface area contributed by atoms with E-state index in [0.29, 0.717) is 0 Å². The lowest BCUT2D eigenvalue weighted by atomic mass is 10.2. The first kappa shape index (κ1) is 10.3. The Morgan fingerprint density at radius 2 is 2.07 bits per heavy atom. The molecule has 0 bridgehead atoms. The molecule has 0 radical (unpaired) electrons. The molecule has 2 aromatic rings. The largest absolute Gasteiger partial charge is 0.369 e. The van der Waals surface area contributed by atoms with Crippen molar-refractivity contribution < 1.29 is 0 Å². The molecule has 1 aromatic carbocycles. The number of anilines is 1. The SMILES string of the molecule is CSCCNc1ccc2ccccc2n1. The van der Waals surface area contributed by atoms with Gasteiger partial charge in [-0.3, -0.25) is 0 Å². The molecule has 3 heteroatoms. The van der Waals surface area contributed by atoms with E-state index in [1.807, 2.05) is 36.0 Å². The molecule has 78 valence electrons. The van der Waals surface area contributed by atoms with Crippen LogP contribution in [0.4, 0.5) is 5.82 Å². The number of fused-ring (bicyclic) bond motifs is 1. The van der Waals surface area contributed by atoms with Crippen molar-refractivity contribution in [3.8, 4) is 0 Å². The summed E-state index contributed by atoms with van der Waals surface area (Å²) in [5.41, 5.74) is 1.05. The third kappa shape index (κ3) is 2.63. The Kier molecular flexibility index (Phi) is 3.45. The van der Waals surface area contributed by atoms with Crippen molar-refractivity contribution in [2.24, 2.45) is 0 Å². The van der Waals surface area contributed by atoms with Gasteiger partial charge in [0.15, 0.2) is 0 Å². The average Bonchev–Trinajstić information content (AvgIpc) is 2.29. The fourth-order valence-electron chi connectivity index (χ4n) is 1.45. The maximum Gasteiger partial charge on any atom is 0.126 e. The van der Waals surface area contributed by atoms with E-state index in [0.717, 1.165) is 23.6 Å². The van der Waals surface area contributed by atoms with Gasteiger partial charge in [0.25, 0.3) is 0 Å². The Bertz CT molecular complexity index is 442. The number of nitrogens with one attached hydrogen (secondary N) is 1. The first-order valence-corrected chi connectivity index (χ1v) is 6.38. The zero-order chi connectivity index (χ0) is 10.5. The van der Waals surface area contributed by atoms with E-state index in [1.54, 1.807) is 0 Å². The molecule has 2 rings (SSSR count). The second-order valence-electron chi connectivity index (χ2n) is 3.31. The Balaban J connectivity index is 2.16. The van der Waals surface area contributed by atoms with E-state index in [-0.39, 0.29) is 0 Å². The molecular weight excluding hydrogens is 204 g/mol. The summed E-state index contributed by atoms with van der Waals surface area (Å²) < 4.78 is 0. The molecule has 15 heavy (non-hydrogen) atoms. The number of thioether (sulfide) groups is 1. The van der Waals surface area contributed by atoms with Gasteiger partial charge in [0, 0.05) is 17.7 Å². The van der Waals surface area contributed by atoms with Crippen molar-refractivity contribution >= 4 is 28.5 Å². The quantitative estimate of drug-likeness (QED) is 0.798. The Hall–Kier alpha value is -1.22. The van der Waals surface area contributed by atoms with Crippen LogP contribution >= 0.6 is 11.8 Å². The highest BCUT2D eigenvalue weighted by Gasteiger charge is 1.96. The van der Waals surface area contributed by atoms with Crippen LogP contribution in [0.5, 0.6) is 0 Å². The van der Waals surface area contributed by atoms with Gasteiger partial charge in [-0.2, -0.15) is 11.8 Å². The number of aromatic nitrogens is 1. The van der Waals surface area contributed by atoms with E-state index in [9.17, 15) is 0 Å². The van der Waals surface area contributed by atoms with Gasteiger partial charge in [-0.05, 0) is 24.5 Å². The van der Waals surface area contributed by atoms with E-state index < -0.39 is 0 Å². The lowest BCUT2D eigenvalue weighted by molar-refractivity contribution is 1.19. The Morgan fingerprint density at radius 1 is 1.20 bits per heavy atom. The van der Waals surface area contributed by atoms with Crippen LogP contribution < -0.4 is 5.32 Å². The van der Waals surface area contributed by atoms with Gasteiger partial charge in [-0.15, -0.1) is 0 Å². The minimum absolute atomic E-state index is 0.961. The summed E-state index contributed by atoms with van der Waals surface area (Å²) in [6.07, 6.45) is 2.11. The van der Waals surface area contributed by atoms with Gasteiger partial charge >= 0.3 is 0 Å². The summed E-state index contributed by atoms with van der Waals surface area (Å²) in [7, 11) is 0. The van der Waals surface area contributed by atoms with Crippen LogP contribution in [0, 0.1) is 0 Å². The average molecular weight is 218 g/mol. The smallest absolute Gasteiger partial charge is 0.126 e. The van der Waals surface area contributed by atoms with Crippen LogP contribution in [0.3, 0.4) is 0 Å². The van der Waals surface area contributed by atoms with Gasteiger partial charge in [0.1, 0.15) is 5.82 Å². The number of pyridine rings is 1. The third-order valence-corrected chi connectivity index (χ3v) is 2.82. The van der Waals surface area contributed by atoms with Crippen LogP contribution in [-0.4, -0.2) is 23.5 Å². The Labute approximate surface area is 94.1 Å². The van der Waals surface area contributed by atoms with E-state index >= 15 is 0 Å². The van der Waals surface area contributed by atoms with Crippen molar-refractivity contribution in [2.75, 3.05) is 23.9 Å². The molecule has 0 amide bonds. The lowest BCUT2D eigenvalue weighted by Gasteiger charge is -2.05. The van der Waals surface area contributed by atoms with E-state index in [1.165, 1.54) is 5.39 Å². The minimum Gasteiger partial charge on any atom is -0.369 e. The molecule has 0 fully saturated rings. The summed E-state index contributed by atoms with van der Waals surface area (Å²) in [5.74, 6) is 2.07. The maximum absolute atomic E-state index is 4.53. The number of hydrogen-bond acceptors (Lipinski definition) is 3. The molecule has 0 saturated carbocycles. The number of hydrogen-bond donors (Lipinski definition) is 1. The fourth-order valence-corrected chi connectivity index (χ4v) is 1.75. The van der Waals surface area contributed by atoms with Crippen molar-refractivity contribution in [3.05, 3.63) is 36.4 Å². The molecule has 0 aliphatic heterocycles. The van der Waals surface area contributed by atoms with Crippen LogP contribution in [0.1, 0.15) is 0 Å². The van der Waals surface area contributed by atoms with Gasteiger partial charge in [-0.1, -0.05) is 18.2 Å². The molecule has 0 atom stereocenters. The maximum atomic E-state index is 4.53. The summed E-state index contributed by atoms with van der Waals surface area (Å²) in [6, 6.07) is 12.3. The predicted octanol–water partition coefficient (Wildman–Crippen LogP) is 3.01. The zero-order valence-electron chi connectivity index (χ0n) is 8.73. The topological polar surface area (TPSA) is 24.9 Å². The summed E-state index contributed by atoms with van der Waals surface area (Å²) >= 11 is 1.83. The molecule has 0 aliphatic rings. The second-order valence-corrected chi connectivity index (χ2v) is 4.29. The summed E-state index contributed by atoms with van der Waals surface area (Å²) in [5, 5.41) is 4.49. The molecule has 0 unspecified atom stereocenters. The highest BCUT2D eigenvalue weighted by atomic mass is 32.2. The zero-order valence-corrected chi connectivity index (χ0v) is 9.55. The van der Waals surface area contributed by atoms with E-state index in [4.69, 9.17) is 0 Å². The monoisotopic (exact) mass is 218 g/mol. The van der Waals surface area contributed by atoms with Crippen LogP contribution in [-0.2, 0) is 0 Å². The molecule has 0 aliphatic carbocycles. The number of para-hydroxylation sites is 1. The normalized spacial score (nSPS) is 10.5.